The molecule has 8 nitrogen and oxygen atoms in total. The molecule has 1 N–H and O–H groups in total. The molecule has 2 aromatic rings. The Balaban J connectivity index is 0.000000203. The molecule has 3 aliphatic rings. The first-order chi connectivity index (χ1) is 15.5. The average molecular weight is 437 g/mol. The van der Waals surface area contributed by atoms with Crippen LogP contribution in [0.2, 0.25) is 0 Å². The van der Waals surface area contributed by atoms with Gasteiger partial charge in [0, 0.05) is 30.1 Å². The van der Waals surface area contributed by atoms with Crippen molar-refractivity contribution in [2.24, 2.45) is 0 Å². The molecule has 1 aromatic heterocycles. The highest BCUT2D eigenvalue weighted by Gasteiger charge is 2.25. The molecule has 0 atom stereocenters. The predicted molar refractivity (Wildman–Crippen MR) is 119 cm³/mol. The summed E-state index contributed by atoms with van der Waals surface area (Å²) in [4.78, 5) is 33.7. The van der Waals surface area contributed by atoms with Crippen LogP contribution in [0.15, 0.2) is 60.1 Å². The summed E-state index contributed by atoms with van der Waals surface area (Å²) in [5, 5.41) is 2.30. The number of carbonyl (C=O) groups excluding carboxylic acids is 2. The highest BCUT2D eigenvalue weighted by Crippen LogP contribution is 2.27. The van der Waals surface area contributed by atoms with E-state index in [1.54, 1.807) is 4.90 Å². The monoisotopic (exact) mass is 437 g/mol. The van der Waals surface area contributed by atoms with Crippen molar-refractivity contribution in [3.63, 3.8) is 0 Å². The van der Waals surface area contributed by atoms with Gasteiger partial charge < -0.3 is 19.4 Å². The van der Waals surface area contributed by atoms with Crippen LogP contribution in [0.25, 0.3) is 10.9 Å². The lowest BCUT2D eigenvalue weighted by atomic mass is 10.0. The van der Waals surface area contributed by atoms with Gasteiger partial charge in [0.25, 0.3) is 0 Å². The Bertz CT molecular complexity index is 1080. The Morgan fingerprint density at radius 3 is 2.56 bits per heavy atom. The molecule has 1 aliphatic carbocycles. The summed E-state index contributed by atoms with van der Waals surface area (Å²) in [5.74, 6) is 1.60. The van der Waals surface area contributed by atoms with Gasteiger partial charge in [-0.05, 0) is 30.2 Å². The molecule has 2 amide bonds. The zero-order valence-electron chi connectivity index (χ0n) is 18.3. The van der Waals surface area contributed by atoms with Gasteiger partial charge in [-0.2, -0.15) is 0 Å². The Kier molecular flexibility index (Phi) is 6.61. The molecule has 1 fully saturated rings. The van der Waals surface area contributed by atoms with Crippen LogP contribution in [0.3, 0.4) is 0 Å². The lowest BCUT2D eigenvalue weighted by Crippen LogP contribution is -2.43. The highest BCUT2D eigenvalue weighted by atomic mass is 16.7. The quantitative estimate of drug-likeness (QED) is 0.746. The molecule has 0 spiro atoms. The van der Waals surface area contributed by atoms with E-state index in [2.05, 4.69) is 11.1 Å². The van der Waals surface area contributed by atoms with Crippen molar-refractivity contribution in [1.82, 2.24) is 14.9 Å². The molecular weight excluding hydrogens is 410 g/mol. The number of nitrogens with one attached hydrogen (secondary N) is 1. The van der Waals surface area contributed by atoms with Gasteiger partial charge in [-0.25, -0.2) is 5.06 Å². The molecule has 2 aliphatic heterocycles. The second kappa shape index (κ2) is 9.74. The number of nitrogens with zero attached hydrogens (tertiary/aromatic N) is 2. The number of para-hydroxylation sites is 1. The molecule has 0 saturated carbocycles. The number of benzene rings is 1. The van der Waals surface area contributed by atoms with Crippen LogP contribution < -0.4 is 0 Å². The third-order valence-corrected chi connectivity index (χ3v) is 5.60. The number of allylic oxidation sites excluding steroid dienone is 4. The number of amides is 2. The van der Waals surface area contributed by atoms with Gasteiger partial charge in [0.2, 0.25) is 18.6 Å². The number of ether oxygens (including phenoxy) is 2. The Hall–Kier alpha value is -3.52. The average Bonchev–Trinajstić information content (AvgIpc) is 3.09. The number of H-pyrrole nitrogens is 1. The number of aromatic amines is 1. The molecule has 5 rings (SSSR count). The van der Waals surface area contributed by atoms with Crippen molar-refractivity contribution >= 4 is 22.7 Å². The largest absolute Gasteiger partial charge is 0.461 e. The first-order valence-electron chi connectivity index (χ1n) is 10.6. The number of aromatic nitrogens is 1. The molecule has 1 aromatic carbocycles. The number of hydrogen-bond donors (Lipinski definition) is 1. The van der Waals surface area contributed by atoms with Crippen LogP contribution in [-0.2, 0) is 36.9 Å². The van der Waals surface area contributed by atoms with Crippen molar-refractivity contribution in [3.05, 3.63) is 71.3 Å². The topological polar surface area (TPSA) is 84.1 Å². The van der Waals surface area contributed by atoms with Crippen LogP contribution >= 0.6 is 0 Å². The van der Waals surface area contributed by atoms with Gasteiger partial charge in [-0.1, -0.05) is 30.4 Å². The van der Waals surface area contributed by atoms with Crippen LogP contribution in [0.5, 0.6) is 0 Å². The lowest BCUT2D eigenvalue weighted by Gasteiger charge is -2.29. The third-order valence-electron chi connectivity index (χ3n) is 5.60. The van der Waals surface area contributed by atoms with E-state index in [1.165, 1.54) is 25.0 Å². The second-order valence-corrected chi connectivity index (χ2v) is 7.67. The van der Waals surface area contributed by atoms with Gasteiger partial charge in [0.15, 0.2) is 0 Å². The van der Waals surface area contributed by atoms with E-state index in [1.807, 2.05) is 42.5 Å². The van der Waals surface area contributed by atoms with Crippen molar-refractivity contribution in [1.29, 1.82) is 0 Å². The van der Waals surface area contributed by atoms with Crippen LogP contribution in [0.4, 0.5) is 0 Å². The van der Waals surface area contributed by atoms with E-state index < -0.39 is 0 Å². The number of rotatable bonds is 3. The minimum atomic E-state index is -0.279. The number of hydrogen-bond acceptors (Lipinski definition) is 5. The second-order valence-electron chi connectivity index (χ2n) is 7.67. The third kappa shape index (κ3) is 4.86. The zero-order valence-corrected chi connectivity index (χ0v) is 18.3. The molecule has 3 heterocycles. The normalized spacial score (nSPS) is 16.4. The summed E-state index contributed by atoms with van der Waals surface area (Å²) < 4.78 is 10.4. The van der Waals surface area contributed by atoms with E-state index in [0.29, 0.717) is 19.9 Å². The molecule has 8 heteroatoms. The zero-order chi connectivity index (χ0) is 22.5. The van der Waals surface area contributed by atoms with Crippen molar-refractivity contribution < 1.29 is 23.9 Å². The molecule has 2 bridgehead atoms. The van der Waals surface area contributed by atoms with Crippen LogP contribution in [0.1, 0.15) is 24.6 Å². The minimum Gasteiger partial charge on any atom is -0.461 e. The van der Waals surface area contributed by atoms with E-state index in [-0.39, 0.29) is 18.4 Å². The number of carbonyl (C=O) groups is 2. The maximum absolute atomic E-state index is 12.3. The Labute approximate surface area is 186 Å². The summed E-state index contributed by atoms with van der Waals surface area (Å²) in [6.07, 6.45) is 9.46. The smallest absolute Gasteiger partial charge is 0.245 e. The first kappa shape index (κ1) is 21.7. The van der Waals surface area contributed by atoms with Gasteiger partial charge in [-0.15, -0.1) is 0 Å². The predicted octanol–water partition coefficient (Wildman–Crippen LogP) is 3.18. The van der Waals surface area contributed by atoms with E-state index >= 15 is 0 Å². The molecule has 0 unspecified atom stereocenters. The van der Waals surface area contributed by atoms with E-state index in [9.17, 15) is 9.59 Å². The number of hydroxylamine groups is 2. The van der Waals surface area contributed by atoms with Gasteiger partial charge in [-0.3, -0.25) is 14.4 Å². The van der Waals surface area contributed by atoms with Crippen LogP contribution in [0, 0.1) is 0 Å². The van der Waals surface area contributed by atoms with Gasteiger partial charge in [0.1, 0.15) is 18.1 Å². The summed E-state index contributed by atoms with van der Waals surface area (Å²) in [6.45, 7) is 2.88. The van der Waals surface area contributed by atoms with Gasteiger partial charge in [0.05, 0.1) is 20.1 Å². The van der Waals surface area contributed by atoms with Crippen molar-refractivity contribution in [2.45, 2.75) is 26.3 Å². The summed E-state index contributed by atoms with van der Waals surface area (Å²) in [7, 11) is 1.39. The maximum Gasteiger partial charge on any atom is 0.245 e. The molecule has 0 radical (unpaired) electrons. The Morgan fingerprint density at radius 2 is 1.88 bits per heavy atom. The van der Waals surface area contributed by atoms with E-state index in [4.69, 9.17) is 14.3 Å². The summed E-state index contributed by atoms with van der Waals surface area (Å²) in [5.41, 5.74) is 3.46. The van der Waals surface area contributed by atoms with Crippen LogP contribution in [-0.4, -0.2) is 53.8 Å². The summed E-state index contributed by atoms with van der Waals surface area (Å²) >= 11 is 0. The fourth-order valence-corrected chi connectivity index (χ4v) is 3.93. The number of fused-ring (bicyclic) bond motifs is 5. The fraction of sp³-hybridized carbons (Fsp3) is 0.333. The standard InChI is InChI=1S/C16H19N3O3.C8H8O2/c1-11(20)19(22-2)10-16(21)18-8-7-13-12-5-3-4-6-14(12)17-15(13)9-18;1-2-4-8-5-7(3-1)9-6-10-8/h3-6,17H,7-10H2,1-2H3;1-4H,5-6H2. The summed E-state index contributed by atoms with van der Waals surface area (Å²) in [6, 6.07) is 8.17. The van der Waals surface area contributed by atoms with E-state index in [0.717, 1.165) is 40.6 Å². The highest BCUT2D eigenvalue weighted by molar-refractivity contribution is 5.86. The fourth-order valence-electron chi connectivity index (χ4n) is 3.93. The van der Waals surface area contributed by atoms with Crippen molar-refractivity contribution in [2.75, 3.05) is 27.0 Å². The minimum absolute atomic E-state index is 0.0542. The first-order valence-corrected chi connectivity index (χ1v) is 10.6. The molecule has 1 saturated heterocycles. The lowest BCUT2D eigenvalue weighted by molar-refractivity contribution is -0.179. The Morgan fingerprint density at radius 1 is 1.16 bits per heavy atom. The molecule has 32 heavy (non-hydrogen) atoms. The SMILES string of the molecule is C1=CC=C2CC(=C1)OCO2.CON(CC(=O)N1CCc2c([nH]c3ccccc23)C1)C(C)=O. The molecule has 168 valence electrons. The molecular formula is C24H27N3O5. The van der Waals surface area contributed by atoms with Gasteiger partial charge >= 0.3 is 0 Å². The van der Waals surface area contributed by atoms with Crippen molar-refractivity contribution in [3.8, 4) is 0 Å². The maximum atomic E-state index is 12.3.